The number of nitrogens with zero attached hydrogens (tertiary/aromatic N) is 1. The highest BCUT2D eigenvalue weighted by atomic mass is 16.5. The number of ether oxygens (including phenoxy) is 2. The third-order valence-corrected chi connectivity index (χ3v) is 3.09. The molecule has 0 heterocycles. The van der Waals surface area contributed by atoms with E-state index in [4.69, 9.17) is 14.7 Å². The van der Waals surface area contributed by atoms with Gasteiger partial charge in [0.05, 0.1) is 25.9 Å². The van der Waals surface area contributed by atoms with E-state index in [1.54, 1.807) is 56.7 Å². The molecule has 0 aliphatic heterocycles. The number of hydrogen-bond donors (Lipinski definition) is 1. The number of carbonyl (C=O) groups excluding carboxylic acids is 1. The summed E-state index contributed by atoms with van der Waals surface area (Å²) in [6, 6.07) is 14.1. The minimum atomic E-state index is -0.283. The standard InChI is InChI=1S/C18H16N2O3/c1-22-16-8-6-13(11-17(16)23-2)7-9-18(21)20-15-5-3-4-14(10-15)12-19/h3-11H,1-2H3,(H,20,21). The van der Waals surface area contributed by atoms with E-state index < -0.39 is 0 Å². The van der Waals surface area contributed by atoms with E-state index in [-0.39, 0.29) is 5.91 Å². The van der Waals surface area contributed by atoms with Gasteiger partial charge in [-0.25, -0.2) is 0 Å². The number of carbonyl (C=O) groups is 1. The van der Waals surface area contributed by atoms with Crippen LogP contribution in [0.15, 0.2) is 48.5 Å². The maximum Gasteiger partial charge on any atom is 0.248 e. The first kappa shape index (κ1) is 16.1. The van der Waals surface area contributed by atoms with Crippen LogP contribution < -0.4 is 14.8 Å². The van der Waals surface area contributed by atoms with Crippen molar-refractivity contribution in [2.24, 2.45) is 0 Å². The summed E-state index contributed by atoms with van der Waals surface area (Å²) < 4.78 is 10.4. The highest BCUT2D eigenvalue weighted by Gasteiger charge is 2.03. The average molecular weight is 308 g/mol. The number of benzene rings is 2. The molecule has 0 spiro atoms. The van der Waals surface area contributed by atoms with Gasteiger partial charge in [-0.3, -0.25) is 4.79 Å². The molecule has 1 amide bonds. The zero-order valence-electron chi connectivity index (χ0n) is 12.9. The summed E-state index contributed by atoms with van der Waals surface area (Å²) in [5, 5.41) is 11.5. The molecule has 0 atom stereocenters. The SMILES string of the molecule is COc1ccc(C=CC(=O)Nc2cccc(C#N)c2)cc1OC. The highest BCUT2D eigenvalue weighted by Crippen LogP contribution is 2.27. The van der Waals surface area contributed by atoms with Gasteiger partial charge in [-0.15, -0.1) is 0 Å². The van der Waals surface area contributed by atoms with Crippen LogP contribution in [-0.4, -0.2) is 20.1 Å². The smallest absolute Gasteiger partial charge is 0.248 e. The molecule has 0 aromatic heterocycles. The molecule has 2 aromatic rings. The van der Waals surface area contributed by atoms with Gasteiger partial charge in [-0.1, -0.05) is 12.1 Å². The molecule has 0 saturated carbocycles. The molecule has 2 aromatic carbocycles. The molecular formula is C18H16N2O3. The van der Waals surface area contributed by atoms with Gasteiger partial charge in [0, 0.05) is 11.8 Å². The molecule has 0 aliphatic carbocycles. The number of methoxy groups -OCH3 is 2. The minimum absolute atomic E-state index is 0.283. The zero-order chi connectivity index (χ0) is 16.7. The summed E-state index contributed by atoms with van der Waals surface area (Å²) >= 11 is 0. The first-order valence-corrected chi connectivity index (χ1v) is 6.87. The lowest BCUT2D eigenvalue weighted by Gasteiger charge is -2.07. The van der Waals surface area contributed by atoms with Gasteiger partial charge < -0.3 is 14.8 Å². The van der Waals surface area contributed by atoms with Crippen molar-refractivity contribution in [2.45, 2.75) is 0 Å². The molecule has 1 N–H and O–H groups in total. The number of nitriles is 1. The van der Waals surface area contributed by atoms with Gasteiger partial charge in [0.2, 0.25) is 5.91 Å². The van der Waals surface area contributed by atoms with Crippen molar-refractivity contribution in [1.29, 1.82) is 5.26 Å². The molecule has 5 nitrogen and oxygen atoms in total. The molecule has 23 heavy (non-hydrogen) atoms. The molecule has 0 radical (unpaired) electrons. The fourth-order valence-electron chi connectivity index (χ4n) is 1.98. The molecule has 0 bridgehead atoms. The number of amides is 1. The fourth-order valence-corrected chi connectivity index (χ4v) is 1.98. The maximum absolute atomic E-state index is 11.9. The first-order valence-electron chi connectivity index (χ1n) is 6.87. The summed E-state index contributed by atoms with van der Waals surface area (Å²) in [7, 11) is 3.12. The molecular weight excluding hydrogens is 292 g/mol. The predicted molar refractivity (Wildman–Crippen MR) is 88.4 cm³/mol. The highest BCUT2D eigenvalue weighted by molar-refractivity contribution is 6.02. The lowest BCUT2D eigenvalue weighted by molar-refractivity contribution is -0.111. The average Bonchev–Trinajstić information content (AvgIpc) is 2.59. The van der Waals surface area contributed by atoms with Crippen molar-refractivity contribution in [3.8, 4) is 17.6 Å². The number of nitrogens with one attached hydrogen (secondary N) is 1. The summed E-state index contributed by atoms with van der Waals surface area (Å²) in [5.41, 5.74) is 1.88. The lowest BCUT2D eigenvalue weighted by Crippen LogP contribution is -2.07. The summed E-state index contributed by atoms with van der Waals surface area (Å²) in [6.07, 6.45) is 3.09. The Morgan fingerprint density at radius 2 is 1.91 bits per heavy atom. The maximum atomic E-state index is 11.9. The molecule has 0 saturated heterocycles. The van der Waals surface area contributed by atoms with Crippen molar-refractivity contribution in [3.05, 3.63) is 59.7 Å². The van der Waals surface area contributed by atoms with Crippen molar-refractivity contribution < 1.29 is 14.3 Å². The van der Waals surface area contributed by atoms with Crippen molar-refractivity contribution in [3.63, 3.8) is 0 Å². The Morgan fingerprint density at radius 1 is 1.13 bits per heavy atom. The summed E-state index contributed by atoms with van der Waals surface area (Å²) in [4.78, 5) is 11.9. The second-order valence-corrected chi connectivity index (χ2v) is 4.63. The second-order valence-electron chi connectivity index (χ2n) is 4.63. The summed E-state index contributed by atoms with van der Waals surface area (Å²) in [6.45, 7) is 0. The lowest BCUT2D eigenvalue weighted by atomic mass is 10.2. The van der Waals surface area contributed by atoms with Gasteiger partial charge in [-0.2, -0.15) is 5.26 Å². The van der Waals surface area contributed by atoms with Crippen molar-refractivity contribution in [1.82, 2.24) is 0 Å². The van der Waals surface area contributed by atoms with E-state index in [0.29, 0.717) is 22.7 Å². The topological polar surface area (TPSA) is 71.3 Å². The van der Waals surface area contributed by atoms with Crippen LogP contribution in [-0.2, 0) is 4.79 Å². The van der Waals surface area contributed by atoms with Crippen molar-refractivity contribution >= 4 is 17.7 Å². The van der Waals surface area contributed by atoms with Gasteiger partial charge in [0.25, 0.3) is 0 Å². The van der Waals surface area contributed by atoms with Gasteiger partial charge in [0.15, 0.2) is 11.5 Å². The van der Waals surface area contributed by atoms with E-state index in [0.717, 1.165) is 5.56 Å². The van der Waals surface area contributed by atoms with Gasteiger partial charge in [-0.05, 0) is 42.0 Å². The van der Waals surface area contributed by atoms with E-state index in [1.165, 1.54) is 6.08 Å². The Morgan fingerprint density at radius 3 is 2.61 bits per heavy atom. The Hall–Kier alpha value is -3.26. The van der Waals surface area contributed by atoms with E-state index >= 15 is 0 Å². The molecule has 0 unspecified atom stereocenters. The molecule has 116 valence electrons. The predicted octanol–water partition coefficient (Wildman–Crippen LogP) is 3.23. The van der Waals surface area contributed by atoms with E-state index in [1.807, 2.05) is 12.1 Å². The van der Waals surface area contributed by atoms with Crippen LogP contribution in [0, 0.1) is 11.3 Å². The Balaban J connectivity index is 2.07. The number of anilines is 1. The van der Waals surface area contributed by atoms with E-state index in [9.17, 15) is 4.79 Å². The molecule has 2 rings (SSSR count). The largest absolute Gasteiger partial charge is 0.493 e. The van der Waals surface area contributed by atoms with Crippen LogP contribution in [0.4, 0.5) is 5.69 Å². The van der Waals surface area contributed by atoms with Crippen LogP contribution >= 0.6 is 0 Å². The normalized spacial score (nSPS) is 10.1. The van der Waals surface area contributed by atoms with Crippen molar-refractivity contribution in [2.75, 3.05) is 19.5 Å². The Kier molecular flexibility index (Phi) is 5.37. The summed E-state index contributed by atoms with van der Waals surface area (Å²) in [5.74, 6) is 0.939. The van der Waals surface area contributed by atoms with Gasteiger partial charge in [0.1, 0.15) is 0 Å². The van der Waals surface area contributed by atoms with Gasteiger partial charge >= 0.3 is 0 Å². The molecule has 0 fully saturated rings. The Bertz CT molecular complexity index is 776. The Labute approximate surface area is 134 Å². The van der Waals surface area contributed by atoms with Crippen LogP contribution in [0.25, 0.3) is 6.08 Å². The number of rotatable bonds is 5. The van der Waals surface area contributed by atoms with Crippen LogP contribution in [0.1, 0.15) is 11.1 Å². The quantitative estimate of drug-likeness (QED) is 0.861. The third-order valence-electron chi connectivity index (χ3n) is 3.09. The third kappa shape index (κ3) is 4.35. The van der Waals surface area contributed by atoms with Crippen LogP contribution in [0.3, 0.4) is 0 Å². The molecule has 0 aliphatic rings. The monoisotopic (exact) mass is 308 g/mol. The first-order chi connectivity index (χ1) is 11.2. The second kappa shape index (κ2) is 7.66. The van der Waals surface area contributed by atoms with Crippen LogP contribution in [0.2, 0.25) is 0 Å². The molecule has 5 heteroatoms. The van der Waals surface area contributed by atoms with E-state index in [2.05, 4.69) is 5.32 Å². The van der Waals surface area contributed by atoms with Crippen LogP contribution in [0.5, 0.6) is 11.5 Å². The zero-order valence-corrected chi connectivity index (χ0v) is 12.9. The minimum Gasteiger partial charge on any atom is -0.493 e. The fraction of sp³-hybridized carbons (Fsp3) is 0.111. The number of hydrogen-bond acceptors (Lipinski definition) is 4.